The zero-order valence-corrected chi connectivity index (χ0v) is 12.4. The lowest BCUT2D eigenvalue weighted by molar-refractivity contribution is 0.0697. The van der Waals surface area contributed by atoms with E-state index in [1.165, 1.54) is 23.5 Å². The summed E-state index contributed by atoms with van der Waals surface area (Å²) in [6, 6.07) is 5.45. The molecule has 6 nitrogen and oxygen atoms in total. The van der Waals surface area contributed by atoms with Crippen LogP contribution in [0.5, 0.6) is 0 Å². The molecule has 110 valence electrons. The van der Waals surface area contributed by atoms with E-state index in [-0.39, 0.29) is 11.6 Å². The van der Waals surface area contributed by atoms with Gasteiger partial charge in [-0.2, -0.15) is 0 Å². The highest BCUT2D eigenvalue weighted by molar-refractivity contribution is 7.11. The molecule has 1 aromatic heterocycles. The average Bonchev–Trinajstić information content (AvgIpc) is 2.85. The lowest BCUT2D eigenvalue weighted by Gasteiger charge is -2.12. The summed E-state index contributed by atoms with van der Waals surface area (Å²) in [5.41, 5.74) is 0.548. The number of hydrogen-bond donors (Lipinski definition) is 3. The van der Waals surface area contributed by atoms with Crippen molar-refractivity contribution in [3.05, 3.63) is 45.9 Å². The first kappa shape index (κ1) is 15.0. The van der Waals surface area contributed by atoms with Gasteiger partial charge in [-0.15, -0.1) is 11.3 Å². The number of carboxylic acids is 1. The second-order valence-electron chi connectivity index (χ2n) is 4.52. The Morgan fingerprint density at radius 3 is 2.76 bits per heavy atom. The fraction of sp³-hybridized carbons (Fsp3) is 0.214. The minimum Gasteiger partial charge on any atom is -0.478 e. The molecular formula is C14H15N3O3S. The number of anilines is 1. The van der Waals surface area contributed by atoms with Crippen LogP contribution in [0, 0.1) is 6.92 Å². The number of nitrogens with zero attached hydrogens (tertiary/aromatic N) is 1. The van der Waals surface area contributed by atoms with Crippen molar-refractivity contribution in [3.63, 3.8) is 0 Å². The molecule has 0 saturated heterocycles. The van der Waals surface area contributed by atoms with Crippen LogP contribution in [0.1, 0.15) is 33.2 Å². The summed E-state index contributed by atoms with van der Waals surface area (Å²) in [5.74, 6) is -1.04. The number of urea groups is 1. The van der Waals surface area contributed by atoms with E-state index in [9.17, 15) is 9.59 Å². The summed E-state index contributed by atoms with van der Waals surface area (Å²) >= 11 is 1.52. The van der Waals surface area contributed by atoms with E-state index >= 15 is 0 Å². The highest BCUT2D eigenvalue weighted by Crippen LogP contribution is 2.19. The summed E-state index contributed by atoms with van der Waals surface area (Å²) < 4.78 is 0. The molecule has 7 heteroatoms. The number of carboxylic acid groups (broad SMARTS) is 1. The Morgan fingerprint density at radius 1 is 1.38 bits per heavy atom. The normalized spacial score (nSPS) is 11.7. The van der Waals surface area contributed by atoms with E-state index in [4.69, 9.17) is 5.11 Å². The number of carbonyl (C=O) groups is 2. The smallest absolute Gasteiger partial charge is 0.335 e. The lowest BCUT2D eigenvalue weighted by Crippen LogP contribution is -2.31. The molecule has 2 rings (SSSR count). The van der Waals surface area contributed by atoms with Crippen LogP contribution in [0.15, 0.2) is 30.5 Å². The minimum atomic E-state index is -1.04. The molecule has 0 fully saturated rings. The number of aryl methyl sites for hydroxylation is 1. The molecule has 1 atom stereocenters. The summed E-state index contributed by atoms with van der Waals surface area (Å²) in [4.78, 5) is 28.0. The summed E-state index contributed by atoms with van der Waals surface area (Å²) in [7, 11) is 0. The SMILES string of the molecule is Cc1cnc(C(C)NC(=O)Nc2cccc(C(=O)O)c2)s1. The third-order valence-corrected chi connectivity index (χ3v) is 3.82. The molecule has 2 amide bonds. The molecule has 21 heavy (non-hydrogen) atoms. The van der Waals surface area contributed by atoms with Crippen LogP contribution in [-0.4, -0.2) is 22.1 Å². The number of thiazole rings is 1. The van der Waals surface area contributed by atoms with Gasteiger partial charge in [-0.1, -0.05) is 6.07 Å². The Kier molecular flexibility index (Phi) is 4.54. The third-order valence-electron chi connectivity index (χ3n) is 2.72. The Bertz CT molecular complexity index is 669. The third kappa shape index (κ3) is 4.03. The number of carbonyl (C=O) groups excluding carboxylic acids is 1. The van der Waals surface area contributed by atoms with Gasteiger partial charge in [0.1, 0.15) is 5.01 Å². The lowest BCUT2D eigenvalue weighted by atomic mass is 10.2. The van der Waals surface area contributed by atoms with Crippen molar-refractivity contribution >= 4 is 29.0 Å². The molecular weight excluding hydrogens is 290 g/mol. The van der Waals surface area contributed by atoms with E-state index in [0.29, 0.717) is 5.69 Å². The van der Waals surface area contributed by atoms with Gasteiger partial charge in [0.25, 0.3) is 0 Å². The highest BCUT2D eigenvalue weighted by atomic mass is 32.1. The van der Waals surface area contributed by atoms with Crippen molar-refractivity contribution in [1.82, 2.24) is 10.3 Å². The first-order chi connectivity index (χ1) is 9.95. The van der Waals surface area contributed by atoms with Gasteiger partial charge < -0.3 is 15.7 Å². The van der Waals surface area contributed by atoms with Crippen molar-refractivity contribution in [2.45, 2.75) is 19.9 Å². The largest absolute Gasteiger partial charge is 0.478 e. The van der Waals surface area contributed by atoms with Gasteiger partial charge in [-0.05, 0) is 32.0 Å². The first-order valence-electron chi connectivity index (χ1n) is 6.29. The van der Waals surface area contributed by atoms with E-state index in [1.807, 2.05) is 13.8 Å². The van der Waals surface area contributed by atoms with Gasteiger partial charge in [0.05, 0.1) is 11.6 Å². The maximum Gasteiger partial charge on any atom is 0.335 e. The second-order valence-corrected chi connectivity index (χ2v) is 5.78. The van der Waals surface area contributed by atoms with Gasteiger partial charge in [-0.3, -0.25) is 0 Å². The van der Waals surface area contributed by atoms with Crippen LogP contribution >= 0.6 is 11.3 Å². The topological polar surface area (TPSA) is 91.3 Å². The van der Waals surface area contributed by atoms with Crippen molar-refractivity contribution in [2.75, 3.05) is 5.32 Å². The van der Waals surface area contributed by atoms with E-state index in [0.717, 1.165) is 9.88 Å². The highest BCUT2D eigenvalue weighted by Gasteiger charge is 2.13. The number of benzene rings is 1. The van der Waals surface area contributed by atoms with E-state index < -0.39 is 12.0 Å². The van der Waals surface area contributed by atoms with Crippen molar-refractivity contribution in [3.8, 4) is 0 Å². The predicted molar refractivity (Wildman–Crippen MR) is 80.8 cm³/mol. The molecule has 1 heterocycles. The maximum absolute atomic E-state index is 11.9. The summed E-state index contributed by atoms with van der Waals surface area (Å²) in [6.07, 6.45) is 1.76. The van der Waals surface area contributed by atoms with Gasteiger partial charge >= 0.3 is 12.0 Å². The standard InChI is InChI=1S/C14H15N3O3S/c1-8-7-15-12(21-8)9(2)16-14(20)17-11-5-3-4-10(6-11)13(18)19/h3-7,9H,1-2H3,(H,18,19)(H2,16,17,20). The quantitative estimate of drug-likeness (QED) is 0.809. The minimum absolute atomic E-state index is 0.122. The van der Waals surface area contributed by atoms with Crippen LogP contribution in [-0.2, 0) is 0 Å². The Balaban J connectivity index is 1.98. The van der Waals surface area contributed by atoms with Crippen molar-refractivity contribution in [1.29, 1.82) is 0 Å². The van der Waals surface area contributed by atoms with Gasteiger partial charge in [-0.25, -0.2) is 14.6 Å². The number of aromatic nitrogens is 1. The van der Waals surface area contributed by atoms with Crippen molar-refractivity contribution in [2.24, 2.45) is 0 Å². The summed E-state index contributed by atoms with van der Waals surface area (Å²) in [6.45, 7) is 3.79. The Labute approximate surface area is 125 Å². The van der Waals surface area contributed by atoms with E-state index in [1.54, 1.807) is 18.3 Å². The number of amides is 2. The average molecular weight is 305 g/mol. The molecule has 1 unspecified atom stereocenters. The zero-order valence-electron chi connectivity index (χ0n) is 11.6. The van der Waals surface area contributed by atoms with Gasteiger partial charge in [0.15, 0.2) is 0 Å². The van der Waals surface area contributed by atoms with Crippen LogP contribution in [0.25, 0.3) is 0 Å². The zero-order chi connectivity index (χ0) is 15.4. The molecule has 0 radical (unpaired) electrons. The molecule has 0 bridgehead atoms. The van der Waals surface area contributed by atoms with Crippen LogP contribution in [0.4, 0.5) is 10.5 Å². The molecule has 0 aliphatic carbocycles. The molecule has 1 aromatic carbocycles. The van der Waals surface area contributed by atoms with Crippen LogP contribution in [0.3, 0.4) is 0 Å². The number of rotatable bonds is 4. The summed E-state index contributed by atoms with van der Waals surface area (Å²) in [5, 5.41) is 15.1. The molecule has 0 aliphatic heterocycles. The Hall–Kier alpha value is -2.41. The number of hydrogen-bond acceptors (Lipinski definition) is 4. The van der Waals surface area contributed by atoms with Gasteiger partial charge in [0.2, 0.25) is 0 Å². The van der Waals surface area contributed by atoms with Gasteiger partial charge in [0, 0.05) is 16.8 Å². The molecule has 0 spiro atoms. The monoisotopic (exact) mass is 305 g/mol. The molecule has 0 aliphatic rings. The van der Waals surface area contributed by atoms with E-state index in [2.05, 4.69) is 15.6 Å². The van der Waals surface area contributed by atoms with Crippen LogP contribution < -0.4 is 10.6 Å². The number of aromatic carboxylic acids is 1. The van der Waals surface area contributed by atoms with Crippen LogP contribution in [0.2, 0.25) is 0 Å². The van der Waals surface area contributed by atoms with Crippen molar-refractivity contribution < 1.29 is 14.7 Å². The fourth-order valence-corrected chi connectivity index (χ4v) is 2.50. The number of nitrogens with one attached hydrogen (secondary N) is 2. The molecule has 0 saturated carbocycles. The Morgan fingerprint density at radius 2 is 2.14 bits per heavy atom. The second kappa shape index (κ2) is 6.36. The maximum atomic E-state index is 11.9. The fourth-order valence-electron chi connectivity index (χ4n) is 1.73. The molecule has 2 aromatic rings. The first-order valence-corrected chi connectivity index (χ1v) is 7.10. The molecule has 3 N–H and O–H groups in total. The predicted octanol–water partition coefficient (Wildman–Crippen LogP) is 3.03.